The van der Waals surface area contributed by atoms with Crippen molar-refractivity contribution in [3.8, 4) is 0 Å². The number of hydrogen-bond donors (Lipinski definition) is 1. The van der Waals surface area contributed by atoms with Gasteiger partial charge >= 0.3 is 6.09 Å². The highest BCUT2D eigenvalue weighted by atomic mass is 19.1. The van der Waals surface area contributed by atoms with E-state index in [4.69, 9.17) is 4.74 Å². The molecule has 1 N–H and O–H groups in total. The lowest BCUT2D eigenvalue weighted by Crippen LogP contribution is -2.41. The van der Waals surface area contributed by atoms with Gasteiger partial charge in [-0.3, -0.25) is 0 Å². The van der Waals surface area contributed by atoms with Gasteiger partial charge in [0.1, 0.15) is 11.4 Å². The summed E-state index contributed by atoms with van der Waals surface area (Å²) in [6, 6.07) is 6.01. The number of rotatable bonds is 4. The van der Waals surface area contributed by atoms with E-state index < -0.39 is 11.7 Å². The van der Waals surface area contributed by atoms with Gasteiger partial charge in [0.25, 0.3) is 0 Å². The number of likely N-dealkylation sites (tertiary alicyclic amines) is 1. The van der Waals surface area contributed by atoms with Gasteiger partial charge in [-0.15, -0.1) is 0 Å². The van der Waals surface area contributed by atoms with Crippen molar-refractivity contribution in [2.75, 3.05) is 13.1 Å². The molecule has 0 spiro atoms. The number of halogens is 1. The summed E-state index contributed by atoms with van der Waals surface area (Å²) in [7, 11) is 0. The Bertz CT molecular complexity index is 531. The van der Waals surface area contributed by atoms with Gasteiger partial charge in [0.15, 0.2) is 0 Å². The van der Waals surface area contributed by atoms with Gasteiger partial charge in [0, 0.05) is 13.1 Å². The van der Waals surface area contributed by atoms with Crippen LogP contribution in [0.15, 0.2) is 24.3 Å². The molecule has 1 saturated heterocycles. The van der Waals surface area contributed by atoms with Crippen molar-refractivity contribution in [3.63, 3.8) is 0 Å². The van der Waals surface area contributed by atoms with E-state index >= 15 is 0 Å². The summed E-state index contributed by atoms with van der Waals surface area (Å²) in [5, 5.41) is 10.2. The molecule has 1 aliphatic heterocycles. The lowest BCUT2D eigenvalue weighted by atomic mass is 9.90. The molecule has 134 valence electrons. The molecule has 0 aliphatic carbocycles. The molecule has 1 aliphatic rings. The predicted octanol–water partition coefficient (Wildman–Crippen LogP) is 4.29. The molecule has 5 heteroatoms. The molecule has 1 amide bonds. The molecule has 2 rings (SSSR count). The molecule has 4 nitrogen and oxygen atoms in total. The largest absolute Gasteiger partial charge is 0.444 e. The van der Waals surface area contributed by atoms with Crippen LogP contribution in [0.3, 0.4) is 0 Å². The maximum absolute atomic E-state index is 12.9. The van der Waals surface area contributed by atoms with E-state index in [1.807, 2.05) is 20.8 Å². The molecule has 0 unspecified atom stereocenters. The van der Waals surface area contributed by atoms with Crippen LogP contribution >= 0.6 is 0 Å². The summed E-state index contributed by atoms with van der Waals surface area (Å²) >= 11 is 0. The maximum Gasteiger partial charge on any atom is 0.410 e. The van der Waals surface area contributed by atoms with E-state index in [9.17, 15) is 14.3 Å². The van der Waals surface area contributed by atoms with Gasteiger partial charge in [-0.25, -0.2) is 9.18 Å². The fourth-order valence-corrected chi connectivity index (χ4v) is 2.98. The van der Waals surface area contributed by atoms with Crippen molar-refractivity contribution < 1.29 is 19.0 Å². The van der Waals surface area contributed by atoms with Crippen LogP contribution in [-0.2, 0) is 4.74 Å². The smallest absolute Gasteiger partial charge is 0.410 e. The third-order valence-electron chi connectivity index (χ3n) is 4.37. The van der Waals surface area contributed by atoms with E-state index in [-0.39, 0.29) is 11.9 Å². The Morgan fingerprint density at radius 1 is 1.29 bits per heavy atom. The zero-order valence-electron chi connectivity index (χ0n) is 14.8. The van der Waals surface area contributed by atoms with Crippen molar-refractivity contribution in [1.82, 2.24) is 4.90 Å². The Hall–Kier alpha value is -1.62. The van der Waals surface area contributed by atoms with Crippen LogP contribution in [0.2, 0.25) is 0 Å². The van der Waals surface area contributed by atoms with Crippen molar-refractivity contribution in [2.24, 2.45) is 5.92 Å². The lowest BCUT2D eigenvalue weighted by Gasteiger charge is -2.33. The second-order valence-electron chi connectivity index (χ2n) is 7.56. The first-order chi connectivity index (χ1) is 11.2. The second-order valence-corrected chi connectivity index (χ2v) is 7.56. The number of hydrogen-bond acceptors (Lipinski definition) is 3. The molecule has 0 saturated carbocycles. The quantitative estimate of drug-likeness (QED) is 0.892. The Balaban J connectivity index is 1.73. The minimum atomic E-state index is -0.561. The monoisotopic (exact) mass is 337 g/mol. The molecule has 1 aromatic rings. The molecule has 1 aromatic carbocycles. The lowest BCUT2D eigenvalue weighted by molar-refractivity contribution is 0.0174. The normalized spacial score (nSPS) is 17.6. The van der Waals surface area contributed by atoms with Crippen LogP contribution in [0.5, 0.6) is 0 Å². The highest BCUT2D eigenvalue weighted by Crippen LogP contribution is 2.27. The Morgan fingerprint density at radius 3 is 2.42 bits per heavy atom. The van der Waals surface area contributed by atoms with E-state index in [0.717, 1.165) is 24.8 Å². The number of piperidine rings is 1. The first kappa shape index (κ1) is 18.7. The molecule has 1 fully saturated rings. The zero-order chi connectivity index (χ0) is 17.7. The van der Waals surface area contributed by atoms with Gasteiger partial charge in [0.05, 0.1) is 6.10 Å². The fourth-order valence-electron chi connectivity index (χ4n) is 2.98. The van der Waals surface area contributed by atoms with Gasteiger partial charge in [0.2, 0.25) is 0 Å². The summed E-state index contributed by atoms with van der Waals surface area (Å²) in [4.78, 5) is 13.8. The summed E-state index contributed by atoms with van der Waals surface area (Å²) in [6.45, 7) is 7.01. The molecule has 1 heterocycles. The summed E-state index contributed by atoms with van der Waals surface area (Å²) in [5.41, 5.74) is 0.287. The third kappa shape index (κ3) is 5.78. The van der Waals surface area contributed by atoms with Crippen LogP contribution < -0.4 is 0 Å². The first-order valence-electron chi connectivity index (χ1n) is 8.66. The van der Waals surface area contributed by atoms with Crippen LogP contribution in [0.25, 0.3) is 0 Å². The highest BCUT2D eigenvalue weighted by molar-refractivity contribution is 5.68. The molecular weight excluding hydrogens is 309 g/mol. The number of nitrogens with zero attached hydrogens (tertiary/aromatic N) is 1. The topological polar surface area (TPSA) is 49.8 Å². The number of benzene rings is 1. The third-order valence-corrected chi connectivity index (χ3v) is 4.37. The van der Waals surface area contributed by atoms with E-state index in [0.29, 0.717) is 25.4 Å². The molecule has 0 aromatic heterocycles. The van der Waals surface area contributed by atoms with Crippen molar-refractivity contribution in [2.45, 2.75) is 58.2 Å². The average Bonchev–Trinajstić information content (AvgIpc) is 2.52. The van der Waals surface area contributed by atoms with Crippen molar-refractivity contribution >= 4 is 6.09 Å². The van der Waals surface area contributed by atoms with Crippen molar-refractivity contribution in [1.29, 1.82) is 0 Å². The van der Waals surface area contributed by atoms with Gasteiger partial charge in [-0.1, -0.05) is 12.1 Å². The Kier molecular flexibility index (Phi) is 6.21. The second kappa shape index (κ2) is 7.97. The minimum Gasteiger partial charge on any atom is -0.444 e. The number of carbonyl (C=O) groups is 1. The number of aliphatic hydroxyl groups excluding tert-OH is 1. The molecule has 0 bridgehead atoms. The standard InChI is InChI=1S/C19H28FNO3/c1-19(2,3)24-18(23)21-12-10-14(11-13-21)4-9-17(22)15-5-7-16(20)8-6-15/h5-8,14,17,22H,4,9-13H2,1-3H3/t17-/m0/s1. The highest BCUT2D eigenvalue weighted by Gasteiger charge is 2.27. The molecule has 1 atom stereocenters. The Morgan fingerprint density at radius 2 is 1.88 bits per heavy atom. The van der Waals surface area contributed by atoms with Crippen LogP contribution in [0.1, 0.15) is 58.1 Å². The predicted molar refractivity (Wildman–Crippen MR) is 91.1 cm³/mol. The Labute approximate surface area is 143 Å². The number of amides is 1. The number of aliphatic hydroxyl groups is 1. The van der Waals surface area contributed by atoms with Crippen molar-refractivity contribution in [3.05, 3.63) is 35.6 Å². The average molecular weight is 337 g/mol. The summed E-state index contributed by atoms with van der Waals surface area (Å²) < 4.78 is 18.3. The van der Waals surface area contributed by atoms with Gasteiger partial charge < -0.3 is 14.7 Å². The van der Waals surface area contributed by atoms with Crippen LogP contribution in [-0.4, -0.2) is 34.8 Å². The van der Waals surface area contributed by atoms with E-state index in [1.165, 1.54) is 12.1 Å². The maximum atomic E-state index is 12.9. The molecule has 0 radical (unpaired) electrons. The van der Waals surface area contributed by atoms with Gasteiger partial charge in [-0.2, -0.15) is 0 Å². The minimum absolute atomic E-state index is 0.243. The summed E-state index contributed by atoms with van der Waals surface area (Å²) in [5.74, 6) is 0.208. The fraction of sp³-hybridized carbons (Fsp3) is 0.632. The molecule has 24 heavy (non-hydrogen) atoms. The first-order valence-corrected chi connectivity index (χ1v) is 8.66. The SMILES string of the molecule is CC(C)(C)OC(=O)N1CCC(CC[C@H](O)c2ccc(F)cc2)CC1. The van der Waals surface area contributed by atoms with E-state index in [1.54, 1.807) is 17.0 Å². The zero-order valence-corrected chi connectivity index (χ0v) is 14.8. The van der Waals surface area contributed by atoms with Gasteiger partial charge in [-0.05, 0) is 70.1 Å². The van der Waals surface area contributed by atoms with Crippen LogP contribution in [0.4, 0.5) is 9.18 Å². The number of ether oxygens (including phenoxy) is 1. The van der Waals surface area contributed by atoms with Crippen LogP contribution in [0, 0.1) is 11.7 Å². The molecular formula is C19H28FNO3. The number of carbonyl (C=O) groups excluding carboxylic acids is 1. The summed E-state index contributed by atoms with van der Waals surface area (Å²) in [6.07, 6.45) is 2.61. The van der Waals surface area contributed by atoms with E-state index in [2.05, 4.69) is 0 Å².